The highest BCUT2D eigenvalue weighted by Gasteiger charge is 2.31. The van der Waals surface area contributed by atoms with Gasteiger partial charge in [0.2, 0.25) is 0 Å². The van der Waals surface area contributed by atoms with E-state index in [1.165, 1.54) is 0 Å². The minimum atomic E-state index is 0.352. The lowest BCUT2D eigenvalue weighted by atomic mass is 9.90. The molecule has 0 bridgehead atoms. The van der Waals surface area contributed by atoms with E-state index in [2.05, 4.69) is 52.2 Å². The van der Waals surface area contributed by atoms with Crippen LogP contribution in [-0.2, 0) is 11.2 Å². The van der Waals surface area contributed by atoms with E-state index in [1.807, 2.05) is 6.20 Å². The maximum absolute atomic E-state index is 5.72. The van der Waals surface area contributed by atoms with E-state index in [4.69, 9.17) is 4.74 Å². The van der Waals surface area contributed by atoms with Crippen molar-refractivity contribution >= 4 is 15.9 Å². The molecule has 0 aromatic carbocycles. The van der Waals surface area contributed by atoms with Gasteiger partial charge in [0.15, 0.2) is 0 Å². The Morgan fingerprint density at radius 2 is 2.37 bits per heavy atom. The second kappa shape index (κ2) is 7.36. The van der Waals surface area contributed by atoms with Gasteiger partial charge in [0.1, 0.15) is 0 Å². The fourth-order valence-corrected chi connectivity index (χ4v) is 2.97. The van der Waals surface area contributed by atoms with Crippen LogP contribution in [-0.4, -0.2) is 30.3 Å². The minimum absolute atomic E-state index is 0.352. The number of halogens is 1. The molecule has 0 saturated carbocycles. The molecule has 3 atom stereocenters. The van der Waals surface area contributed by atoms with Gasteiger partial charge in [-0.1, -0.05) is 6.92 Å². The van der Waals surface area contributed by atoms with Gasteiger partial charge < -0.3 is 10.1 Å². The normalized spacial score (nSPS) is 24.6. The monoisotopic (exact) mass is 326 g/mol. The van der Waals surface area contributed by atoms with Crippen molar-refractivity contribution in [3.05, 3.63) is 28.5 Å². The maximum Gasteiger partial charge on any atom is 0.0590 e. The molecule has 1 aliphatic rings. The number of pyridine rings is 1. The van der Waals surface area contributed by atoms with E-state index in [-0.39, 0.29) is 0 Å². The Bertz CT molecular complexity index is 382. The van der Waals surface area contributed by atoms with Crippen molar-refractivity contribution in [1.82, 2.24) is 10.3 Å². The van der Waals surface area contributed by atoms with Gasteiger partial charge in [-0.05, 0) is 54.4 Å². The summed E-state index contributed by atoms with van der Waals surface area (Å²) in [6, 6.07) is 4.63. The number of hydrogen-bond donors (Lipinski definition) is 1. The largest absolute Gasteiger partial charge is 0.378 e. The molecular formula is C15H23BrN2O. The fraction of sp³-hybridized carbons (Fsp3) is 0.667. The zero-order chi connectivity index (χ0) is 13.7. The molecular weight excluding hydrogens is 304 g/mol. The van der Waals surface area contributed by atoms with E-state index >= 15 is 0 Å². The van der Waals surface area contributed by atoms with Crippen LogP contribution < -0.4 is 5.32 Å². The summed E-state index contributed by atoms with van der Waals surface area (Å²) in [4.78, 5) is 4.49. The first kappa shape index (κ1) is 14.9. The van der Waals surface area contributed by atoms with Crippen LogP contribution in [0.3, 0.4) is 0 Å². The molecule has 1 N–H and O–H groups in total. The van der Waals surface area contributed by atoms with Crippen molar-refractivity contribution in [1.29, 1.82) is 0 Å². The molecule has 0 amide bonds. The molecule has 4 heteroatoms. The van der Waals surface area contributed by atoms with E-state index in [0.29, 0.717) is 18.1 Å². The third kappa shape index (κ3) is 4.26. The zero-order valence-corrected chi connectivity index (χ0v) is 13.3. The predicted octanol–water partition coefficient (Wildman–Crippen LogP) is 3.18. The zero-order valence-electron chi connectivity index (χ0n) is 11.7. The lowest BCUT2D eigenvalue weighted by Gasteiger charge is -2.26. The quantitative estimate of drug-likeness (QED) is 0.871. The molecule has 106 valence electrons. The Morgan fingerprint density at radius 3 is 2.95 bits per heavy atom. The number of nitrogens with zero attached hydrogens (tertiary/aromatic N) is 1. The van der Waals surface area contributed by atoms with Gasteiger partial charge in [-0.2, -0.15) is 0 Å². The Balaban J connectivity index is 2.02. The van der Waals surface area contributed by atoms with Gasteiger partial charge in [0.25, 0.3) is 0 Å². The molecule has 2 heterocycles. The summed E-state index contributed by atoms with van der Waals surface area (Å²) in [5.41, 5.74) is 1.15. The van der Waals surface area contributed by atoms with Crippen LogP contribution in [0.15, 0.2) is 22.8 Å². The van der Waals surface area contributed by atoms with Crippen molar-refractivity contribution in [2.45, 2.75) is 45.3 Å². The Kier molecular flexibility index (Phi) is 5.79. The first-order chi connectivity index (χ1) is 9.20. The maximum atomic E-state index is 5.72. The predicted molar refractivity (Wildman–Crippen MR) is 81.2 cm³/mol. The molecule has 19 heavy (non-hydrogen) atoms. The molecule has 1 aliphatic heterocycles. The lowest BCUT2D eigenvalue weighted by molar-refractivity contribution is 0.0953. The Labute approximate surface area is 124 Å². The third-order valence-corrected chi connectivity index (χ3v) is 4.30. The Morgan fingerprint density at radius 1 is 1.53 bits per heavy atom. The SMILES string of the molecule is CCCNC(Cc1ccc(Br)cn1)C1CCOC1C. The van der Waals surface area contributed by atoms with Crippen LogP contribution in [0, 0.1) is 5.92 Å². The number of aromatic nitrogens is 1. The summed E-state index contributed by atoms with van der Waals surface area (Å²) in [6.45, 7) is 6.35. The standard InChI is InChI=1S/C15H23BrN2O/c1-3-7-17-15(14-6-8-19-11(14)2)9-13-5-4-12(16)10-18-13/h4-5,10-11,14-15,17H,3,6-9H2,1-2H3. The molecule has 1 saturated heterocycles. The number of ether oxygens (including phenoxy) is 1. The van der Waals surface area contributed by atoms with E-state index < -0.39 is 0 Å². The minimum Gasteiger partial charge on any atom is -0.378 e. The average Bonchev–Trinajstić information content (AvgIpc) is 2.83. The van der Waals surface area contributed by atoms with Crippen LogP contribution in [0.5, 0.6) is 0 Å². The van der Waals surface area contributed by atoms with Crippen LogP contribution in [0.2, 0.25) is 0 Å². The smallest absolute Gasteiger partial charge is 0.0590 e. The Hall–Kier alpha value is -0.450. The van der Waals surface area contributed by atoms with Gasteiger partial charge in [-0.3, -0.25) is 4.98 Å². The molecule has 0 aliphatic carbocycles. The first-order valence-electron chi connectivity index (χ1n) is 7.16. The van der Waals surface area contributed by atoms with Crippen LogP contribution in [0.4, 0.5) is 0 Å². The fourth-order valence-electron chi connectivity index (χ4n) is 2.73. The second-order valence-corrected chi connectivity index (χ2v) is 6.18. The molecule has 2 rings (SSSR count). The molecule has 3 nitrogen and oxygen atoms in total. The highest BCUT2D eigenvalue weighted by molar-refractivity contribution is 9.10. The van der Waals surface area contributed by atoms with Crippen molar-refractivity contribution in [3.63, 3.8) is 0 Å². The van der Waals surface area contributed by atoms with Crippen LogP contribution >= 0.6 is 15.9 Å². The molecule has 0 radical (unpaired) electrons. The molecule has 3 unspecified atom stereocenters. The number of nitrogens with one attached hydrogen (secondary N) is 1. The first-order valence-corrected chi connectivity index (χ1v) is 7.95. The van der Waals surface area contributed by atoms with Gasteiger partial charge >= 0.3 is 0 Å². The third-order valence-electron chi connectivity index (χ3n) is 3.83. The van der Waals surface area contributed by atoms with Crippen molar-refractivity contribution in [2.75, 3.05) is 13.2 Å². The van der Waals surface area contributed by atoms with E-state index in [1.54, 1.807) is 0 Å². The van der Waals surface area contributed by atoms with Crippen molar-refractivity contribution in [3.8, 4) is 0 Å². The van der Waals surface area contributed by atoms with Gasteiger partial charge in [-0.25, -0.2) is 0 Å². The second-order valence-electron chi connectivity index (χ2n) is 5.26. The highest BCUT2D eigenvalue weighted by atomic mass is 79.9. The molecule has 1 aromatic rings. The topological polar surface area (TPSA) is 34.2 Å². The summed E-state index contributed by atoms with van der Waals surface area (Å²) in [7, 11) is 0. The van der Waals surface area contributed by atoms with Crippen LogP contribution in [0.25, 0.3) is 0 Å². The van der Waals surface area contributed by atoms with Gasteiger partial charge in [0.05, 0.1) is 6.10 Å². The van der Waals surface area contributed by atoms with Crippen molar-refractivity contribution < 1.29 is 4.74 Å². The van der Waals surface area contributed by atoms with Crippen molar-refractivity contribution in [2.24, 2.45) is 5.92 Å². The molecule has 1 fully saturated rings. The summed E-state index contributed by atoms with van der Waals surface area (Å²) >= 11 is 3.43. The highest BCUT2D eigenvalue weighted by Crippen LogP contribution is 2.26. The summed E-state index contributed by atoms with van der Waals surface area (Å²) in [5.74, 6) is 0.594. The lowest BCUT2D eigenvalue weighted by Crippen LogP contribution is -2.41. The van der Waals surface area contributed by atoms with E-state index in [9.17, 15) is 0 Å². The summed E-state index contributed by atoms with van der Waals surface area (Å²) in [6.07, 6.45) is 5.52. The van der Waals surface area contributed by atoms with Crippen LogP contribution in [0.1, 0.15) is 32.4 Å². The summed E-state index contributed by atoms with van der Waals surface area (Å²) in [5, 5.41) is 3.67. The van der Waals surface area contributed by atoms with E-state index in [0.717, 1.165) is 42.6 Å². The van der Waals surface area contributed by atoms with Gasteiger partial charge in [-0.15, -0.1) is 0 Å². The average molecular weight is 327 g/mol. The number of hydrogen-bond acceptors (Lipinski definition) is 3. The summed E-state index contributed by atoms with van der Waals surface area (Å²) < 4.78 is 6.75. The van der Waals surface area contributed by atoms with Gasteiger partial charge in [0, 0.05) is 41.4 Å². The number of rotatable bonds is 6. The molecule has 0 spiro atoms. The molecule has 1 aromatic heterocycles.